The summed E-state index contributed by atoms with van der Waals surface area (Å²) in [7, 11) is 0. The molecule has 0 atom stereocenters. The molecule has 0 bridgehead atoms. The average Bonchev–Trinajstić information content (AvgIpc) is 2.60. The van der Waals surface area contributed by atoms with Crippen LogP contribution in [-0.4, -0.2) is 6.29 Å². The SMILES string of the molecule is Cc1cc(-c2cc(Cl)cc(Cl)c2)cc(C=O)c1OCc1ccccc1. The average molecular weight is 371 g/mol. The smallest absolute Gasteiger partial charge is 0.153 e. The molecule has 3 aromatic carbocycles. The van der Waals surface area contributed by atoms with Crippen LogP contribution < -0.4 is 4.74 Å². The lowest BCUT2D eigenvalue weighted by Gasteiger charge is -2.14. The Hall–Kier alpha value is -2.29. The van der Waals surface area contributed by atoms with Gasteiger partial charge in [0.2, 0.25) is 0 Å². The van der Waals surface area contributed by atoms with E-state index in [-0.39, 0.29) is 0 Å². The van der Waals surface area contributed by atoms with Crippen molar-refractivity contribution in [1.82, 2.24) is 0 Å². The molecule has 0 spiro atoms. The third kappa shape index (κ3) is 4.22. The van der Waals surface area contributed by atoms with Crippen molar-refractivity contribution < 1.29 is 9.53 Å². The van der Waals surface area contributed by atoms with E-state index in [4.69, 9.17) is 27.9 Å². The summed E-state index contributed by atoms with van der Waals surface area (Å²) < 4.78 is 5.90. The molecule has 0 aliphatic heterocycles. The van der Waals surface area contributed by atoms with E-state index in [1.165, 1.54) is 0 Å². The van der Waals surface area contributed by atoms with Gasteiger partial charge in [0.25, 0.3) is 0 Å². The van der Waals surface area contributed by atoms with Gasteiger partial charge in [0.15, 0.2) is 6.29 Å². The summed E-state index contributed by atoms with van der Waals surface area (Å²) in [6.07, 6.45) is 0.809. The van der Waals surface area contributed by atoms with Crippen LogP contribution in [0.25, 0.3) is 11.1 Å². The van der Waals surface area contributed by atoms with E-state index in [2.05, 4.69) is 0 Å². The lowest BCUT2D eigenvalue weighted by Crippen LogP contribution is -2.01. The second-order valence-corrected chi connectivity index (χ2v) is 6.63. The Kier molecular flexibility index (Phi) is 5.42. The standard InChI is InChI=1S/C21H16Cl2O2/c1-14-7-16(17-9-19(22)11-20(23)10-17)8-18(12-24)21(14)25-13-15-5-3-2-4-6-15/h2-12H,13H2,1H3. The van der Waals surface area contributed by atoms with Crippen molar-refractivity contribution in [2.45, 2.75) is 13.5 Å². The Morgan fingerprint density at radius 1 is 0.920 bits per heavy atom. The van der Waals surface area contributed by atoms with Crippen molar-refractivity contribution in [3.63, 3.8) is 0 Å². The van der Waals surface area contributed by atoms with Crippen LogP contribution in [0.3, 0.4) is 0 Å². The molecule has 0 saturated heterocycles. The van der Waals surface area contributed by atoms with Gasteiger partial charge in [-0.3, -0.25) is 4.79 Å². The topological polar surface area (TPSA) is 26.3 Å². The molecule has 3 rings (SSSR count). The van der Waals surface area contributed by atoms with Crippen LogP contribution in [0.4, 0.5) is 0 Å². The molecule has 0 heterocycles. The fraction of sp³-hybridized carbons (Fsp3) is 0.0952. The molecular weight excluding hydrogens is 355 g/mol. The quantitative estimate of drug-likeness (QED) is 0.488. The summed E-state index contributed by atoms with van der Waals surface area (Å²) in [6, 6.07) is 18.9. The number of aryl methyl sites for hydroxylation is 1. The number of aldehydes is 1. The predicted molar refractivity (Wildman–Crippen MR) is 103 cm³/mol. The first-order chi connectivity index (χ1) is 12.1. The molecule has 0 aliphatic rings. The van der Waals surface area contributed by atoms with Crippen LogP contribution in [0.15, 0.2) is 60.7 Å². The second-order valence-electron chi connectivity index (χ2n) is 5.76. The van der Waals surface area contributed by atoms with Gasteiger partial charge < -0.3 is 4.74 Å². The highest BCUT2D eigenvalue weighted by Crippen LogP contribution is 2.33. The summed E-state index contributed by atoms with van der Waals surface area (Å²) in [5, 5.41) is 1.11. The number of hydrogen-bond donors (Lipinski definition) is 0. The van der Waals surface area contributed by atoms with Gasteiger partial charge in [-0.15, -0.1) is 0 Å². The number of benzene rings is 3. The maximum atomic E-state index is 11.6. The molecule has 3 aromatic rings. The monoisotopic (exact) mass is 370 g/mol. The number of carbonyl (C=O) groups excluding carboxylic acids is 1. The Morgan fingerprint density at radius 2 is 1.56 bits per heavy atom. The third-order valence-corrected chi connectivity index (χ3v) is 4.29. The Bertz CT molecular complexity index is 885. The van der Waals surface area contributed by atoms with Crippen LogP contribution in [0, 0.1) is 6.92 Å². The number of hydrogen-bond acceptors (Lipinski definition) is 2. The number of halogens is 2. The number of ether oxygens (including phenoxy) is 1. The van der Waals surface area contributed by atoms with Crippen molar-refractivity contribution in [2.75, 3.05) is 0 Å². The summed E-state index contributed by atoms with van der Waals surface area (Å²) in [5.74, 6) is 0.593. The zero-order valence-electron chi connectivity index (χ0n) is 13.6. The first kappa shape index (κ1) is 17.5. The van der Waals surface area contributed by atoms with Crippen molar-refractivity contribution >= 4 is 29.5 Å². The molecule has 2 nitrogen and oxygen atoms in total. The molecular formula is C21H16Cl2O2. The van der Waals surface area contributed by atoms with E-state index in [0.29, 0.717) is 28.0 Å². The molecule has 0 unspecified atom stereocenters. The van der Waals surface area contributed by atoms with Gasteiger partial charge in [0.1, 0.15) is 12.4 Å². The van der Waals surface area contributed by atoms with Gasteiger partial charge in [0.05, 0.1) is 5.56 Å². The van der Waals surface area contributed by atoms with E-state index in [1.807, 2.05) is 55.5 Å². The fourth-order valence-electron chi connectivity index (χ4n) is 2.70. The Balaban J connectivity index is 1.94. The van der Waals surface area contributed by atoms with Crippen molar-refractivity contribution in [1.29, 1.82) is 0 Å². The Morgan fingerprint density at radius 3 is 2.20 bits per heavy atom. The summed E-state index contributed by atoms with van der Waals surface area (Å²) in [5.41, 5.74) is 4.16. The maximum Gasteiger partial charge on any atom is 0.153 e. The zero-order chi connectivity index (χ0) is 17.8. The van der Waals surface area contributed by atoms with E-state index < -0.39 is 0 Å². The summed E-state index contributed by atoms with van der Waals surface area (Å²) in [6.45, 7) is 2.33. The molecule has 0 radical (unpaired) electrons. The van der Waals surface area contributed by atoms with Crippen LogP contribution in [0.1, 0.15) is 21.5 Å². The molecule has 0 fully saturated rings. The first-order valence-corrected chi connectivity index (χ1v) is 8.55. The van der Waals surface area contributed by atoms with E-state index in [1.54, 1.807) is 12.1 Å². The van der Waals surface area contributed by atoms with E-state index in [0.717, 1.165) is 28.5 Å². The maximum absolute atomic E-state index is 11.6. The van der Waals surface area contributed by atoms with Gasteiger partial charge in [-0.25, -0.2) is 0 Å². The highest BCUT2D eigenvalue weighted by atomic mass is 35.5. The lowest BCUT2D eigenvalue weighted by atomic mass is 9.99. The molecule has 0 aromatic heterocycles. The molecule has 0 saturated carbocycles. The fourth-order valence-corrected chi connectivity index (χ4v) is 3.23. The van der Waals surface area contributed by atoms with Gasteiger partial charge >= 0.3 is 0 Å². The largest absolute Gasteiger partial charge is 0.488 e. The van der Waals surface area contributed by atoms with Crippen LogP contribution in [0.5, 0.6) is 5.75 Å². The van der Waals surface area contributed by atoms with E-state index in [9.17, 15) is 4.79 Å². The van der Waals surface area contributed by atoms with Crippen molar-refractivity contribution in [3.8, 4) is 16.9 Å². The minimum Gasteiger partial charge on any atom is -0.488 e. The number of carbonyl (C=O) groups is 1. The normalized spacial score (nSPS) is 10.5. The minimum absolute atomic E-state index is 0.408. The van der Waals surface area contributed by atoms with Gasteiger partial charge in [0, 0.05) is 10.0 Å². The van der Waals surface area contributed by atoms with Gasteiger partial charge in [-0.2, -0.15) is 0 Å². The third-order valence-electron chi connectivity index (χ3n) is 3.85. The lowest BCUT2D eigenvalue weighted by molar-refractivity contribution is 0.111. The van der Waals surface area contributed by atoms with Crippen LogP contribution >= 0.6 is 23.2 Å². The number of rotatable bonds is 5. The van der Waals surface area contributed by atoms with Crippen LogP contribution in [0.2, 0.25) is 10.0 Å². The zero-order valence-corrected chi connectivity index (χ0v) is 15.1. The highest BCUT2D eigenvalue weighted by molar-refractivity contribution is 6.35. The minimum atomic E-state index is 0.408. The first-order valence-electron chi connectivity index (χ1n) is 7.80. The highest BCUT2D eigenvalue weighted by Gasteiger charge is 2.12. The van der Waals surface area contributed by atoms with Gasteiger partial charge in [-0.1, -0.05) is 53.5 Å². The second kappa shape index (κ2) is 7.73. The molecule has 126 valence electrons. The molecule has 4 heteroatoms. The summed E-state index contributed by atoms with van der Waals surface area (Å²) >= 11 is 12.2. The van der Waals surface area contributed by atoms with Crippen LogP contribution in [-0.2, 0) is 6.61 Å². The molecule has 0 amide bonds. The molecule has 0 aliphatic carbocycles. The Labute approximate surface area is 157 Å². The van der Waals surface area contributed by atoms with Crippen molar-refractivity contribution in [2.24, 2.45) is 0 Å². The van der Waals surface area contributed by atoms with Crippen molar-refractivity contribution in [3.05, 3.63) is 87.4 Å². The van der Waals surface area contributed by atoms with Gasteiger partial charge in [-0.05, 0) is 59.5 Å². The summed E-state index contributed by atoms with van der Waals surface area (Å²) in [4.78, 5) is 11.6. The molecule has 25 heavy (non-hydrogen) atoms. The predicted octanol–water partition coefficient (Wildman–Crippen LogP) is 6.36. The van der Waals surface area contributed by atoms with E-state index >= 15 is 0 Å². The molecule has 0 N–H and O–H groups in total.